The van der Waals surface area contributed by atoms with Gasteiger partial charge >= 0.3 is 12.3 Å². The van der Waals surface area contributed by atoms with Gasteiger partial charge in [0.25, 0.3) is 0 Å². The van der Waals surface area contributed by atoms with Gasteiger partial charge < -0.3 is 15.4 Å². The number of benzene rings is 1. The van der Waals surface area contributed by atoms with Crippen LogP contribution in [-0.4, -0.2) is 37.9 Å². The molecule has 0 aliphatic heterocycles. The minimum atomic E-state index is -4.57. The van der Waals surface area contributed by atoms with Crippen LogP contribution in [0.2, 0.25) is 0 Å². The summed E-state index contributed by atoms with van der Waals surface area (Å²) in [6.45, 7) is 0.798. The third kappa shape index (κ3) is 9.02. The predicted molar refractivity (Wildman–Crippen MR) is 82.5 cm³/mol. The van der Waals surface area contributed by atoms with E-state index in [1.165, 1.54) is 5.56 Å². The Balaban J connectivity index is 2.11. The normalized spacial score (nSPS) is 12.3. The molecule has 5 nitrogen and oxygen atoms in total. The number of carbonyl (C=O) groups excluding carboxylic acids is 2. The SMILES string of the molecule is C[C@H](CCNC(=O)CCNC(=O)OCC(F)(F)F)c1ccccc1. The molecule has 134 valence electrons. The van der Waals surface area contributed by atoms with E-state index in [-0.39, 0.29) is 18.9 Å². The Bertz CT molecular complexity index is 521. The van der Waals surface area contributed by atoms with Crippen LogP contribution < -0.4 is 10.6 Å². The van der Waals surface area contributed by atoms with Gasteiger partial charge in [0, 0.05) is 19.5 Å². The first-order valence-corrected chi connectivity index (χ1v) is 7.57. The summed E-state index contributed by atoms with van der Waals surface area (Å²) in [6.07, 6.45) is -5.03. The van der Waals surface area contributed by atoms with Crippen LogP contribution in [0.15, 0.2) is 30.3 Å². The number of ether oxygens (including phenoxy) is 1. The standard InChI is InChI=1S/C16H21F3N2O3/c1-12(13-5-3-2-4-6-13)7-9-20-14(22)8-10-21-15(23)24-11-16(17,18)19/h2-6,12H,7-11H2,1H3,(H,20,22)(H,21,23)/t12-/m1/s1. The highest BCUT2D eigenvalue weighted by Crippen LogP contribution is 2.17. The molecule has 2 amide bonds. The predicted octanol–water partition coefficient (Wildman–Crippen LogP) is 2.98. The molecule has 0 radical (unpaired) electrons. The molecule has 0 fully saturated rings. The van der Waals surface area contributed by atoms with E-state index in [1.807, 2.05) is 30.3 Å². The van der Waals surface area contributed by atoms with Gasteiger partial charge in [-0.1, -0.05) is 37.3 Å². The zero-order valence-electron chi connectivity index (χ0n) is 13.4. The molecule has 1 aromatic carbocycles. The maximum atomic E-state index is 11.8. The van der Waals surface area contributed by atoms with E-state index < -0.39 is 18.9 Å². The number of alkyl halides is 3. The van der Waals surface area contributed by atoms with Crippen molar-refractivity contribution in [3.63, 3.8) is 0 Å². The van der Waals surface area contributed by atoms with Gasteiger partial charge in [0.15, 0.2) is 6.61 Å². The zero-order valence-corrected chi connectivity index (χ0v) is 13.4. The largest absolute Gasteiger partial charge is 0.440 e. The van der Waals surface area contributed by atoms with E-state index >= 15 is 0 Å². The summed E-state index contributed by atoms with van der Waals surface area (Å²) in [4.78, 5) is 22.5. The van der Waals surface area contributed by atoms with E-state index in [2.05, 4.69) is 22.3 Å². The topological polar surface area (TPSA) is 67.4 Å². The Kier molecular flexibility index (Phi) is 8.08. The molecule has 0 aromatic heterocycles. The van der Waals surface area contributed by atoms with Crippen molar-refractivity contribution in [1.29, 1.82) is 0 Å². The highest BCUT2D eigenvalue weighted by molar-refractivity contribution is 5.76. The lowest BCUT2D eigenvalue weighted by Crippen LogP contribution is -2.33. The van der Waals surface area contributed by atoms with Crippen LogP contribution in [0.3, 0.4) is 0 Å². The minimum absolute atomic E-state index is 0.0269. The van der Waals surface area contributed by atoms with Crippen molar-refractivity contribution in [2.45, 2.75) is 31.9 Å². The maximum absolute atomic E-state index is 11.8. The molecule has 8 heteroatoms. The molecular formula is C16H21F3N2O3. The van der Waals surface area contributed by atoms with Crippen LogP contribution in [0.25, 0.3) is 0 Å². The van der Waals surface area contributed by atoms with Crippen molar-refractivity contribution in [2.75, 3.05) is 19.7 Å². The molecule has 0 heterocycles. The number of nitrogens with one attached hydrogen (secondary N) is 2. The fourth-order valence-corrected chi connectivity index (χ4v) is 1.94. The second-order valence-electron chi connectivity index (χ2n) is 5.32. The Morgan fingerprint density at radius 2 is 1.79 bits per heavy atom. The van der Waals surface area contributed by atoms with Gasteiger partial charge in [-0.3, -0.25) is 4.79 Å². The van der Waals surface area contributed by atoms with Gasteiger partial charge in [0.2, 0.25) is 5.91 Å². The first kappa shape index (κ1) is 19.8. The Labute approximate surface area is 138 Å². The lowest BCUT2D eigenvalue weighted by Gasteiger charge is -2.12. The third-order valence-corrected chi connectivity index (χ3v) is 3.26. The van der Waals surface area contributed by atoms with E-state index in [1.54, 1.807) is 0 Å². The average Bonchev–Trinajstić information content (AvgIpc) is 2.53. The van der Waals surface area contributed by atoms with Gasteiger partial charge in [-0.15, -0.1) is 0 Å². The number of carbonyl (C=O) groups is 2. The van der Waals surface area contributed by atoms with Crippen LogP contribution >= 0.6 is 0 Å². The van der Waals surface area contributed by atoms with Gasteiger partial charge in [-0.2, -0.15) is 13.2 Å². The summed E-state index contributed by atoms with van der Waals surface area (Å²) < 4.78 is 39.4. The van der Waals surface area contributed by atoms with E-state index in [0.717, 1.165) is 6.42 Å². The van der Waals surface area contributed by atoms with Crippen LogP contribution in [0.4, 0.5) is 18.0 Å². The lowest BCUT2D eigenvalue weighted by molar-refractivity contribution is -0.160. The van der Waals surface area contributed by atoms with Gasteiger partial charge in [0.1, 0.15) is 0 Å². The monoisotopic (exact) mass is 346 g/mol. The highest BCUT2D eigenvalue weighted by atomic mass is 19.4. The fraction of sp³-hybridized carbons (Fsp3) is 0.500. The molecule has 0 unspecified atom stereocenters. The molecule has 0 aliphatic carbocycles. The van der Waals surface area contributed by atoms with Crippen molar-refractivity contribution >= 4 is 12.0 Å². The number of hydrogen-bond acceptors (Lipinski definition) is 3. The first-order chi connectivity index (χ1) is 11.3. The molecule has 24 heavy (non-hydrogen) atoms. The Morgan fingerprint density at radius 3 is 2.42 bits per heavy atom. The smallest absolute Gasteiger partial charge is 0.422 e. The molecule has 0 spiro atoms. The molecule has 2 N–H and O–H groups in total. The van der Waals surface area contributed by atoms with Gasteiger partial charge in [-0.05, 0) is 17.9 Å². The van der Waals surface area contributed by atoms with Crippen LogP contribution in [0.1, 0.15) is 31.2 Å². The zero-order chi connectivity index (χ0) is 18.0. The summed E-state index contributed by atoms with van der Waals surface area (Å²) in [5.41, 5.74) is 1.18. The molecule has 1 rings (SSSR count). The van der Waals surface area contributed by atoms with Crippen molar-refractivity contribution in [3.05, 3.63) is 35.9 Å². The number of rotatable bonds is 8. The summed E-state index contributed by atoms with van der Waals surface area (Å²) in [5, 5.41) is 4.79. The quantitative estimate of drug-likeness (QED) is 0.760. The molecule has 0 saturated carbocycles. The van der Waals surface area contributed by atoms with E-state index in [9.17, 15) is 22.8 Å². The Morgan fingerprint density at radius 1 is 1.12 bits per heavy atom. The van der Waals surface area contributed by atoms with Crippen LogP contribution in [-0.2, 0) is 9.53 Å². The van der Waals surface area contributed by atoms with Crippen molar-refractivity contribution in [3.8, 4) is 0 Å². The number of hydrogen-bond donors (Lipinski definition) is 2. The lowest BCUT2D eigenvalue weighted by atomic mass is 9.98. The van der Waals surface area contributed by atoms with Gasteiger partial charge in [0.05, 0.1) is 0 Å². The van der Waals surface area contributed by atoms with Crippen LogP contribution in [0.5, 0.6) is 0 Å². The minimum Gasteiger partial charge on any atom is -0.440 e. The molecule has 1 aromatic rings. The summed E-state index contributed by atoms with van der Waals surface area (Å²) in [7, 11) is 0. The second kappa shape index (κ2) is 9.79. The molecule has 1 atom stereocenters. The van der Waals surface area contributed by atoms with E-state index in [4.69, 9.17) is 0 Å². The number of alkyl carbamates (subject to hydrolysis) is 1. The second-order valence-corrected chi connectivity index (χ2v) is 5.32. The number of halogens is 3. The van der Waals surface area contributed by atoms with E-state index in [0.29, 0.717) is 12.5 Å². The number of amides is 2. The molecule has 0 saturated heterocycles. The van der Waals surface area contributed by atoms with Crippen molar-refractivity contribution < 1.29 is 27.5 Å². The molecular weight excluding hydrogens is 325 g/mol. The highest BCUT2D eigenvalue weighted by Gasteiger charge is 2.29. The van der Waals surface area contributed by atoms with Crippen LogP contribution in [0, 0.1) is 0 Å². The van der Waals surface area contributed by atoms with Crippen molar-refractivity contribution in [1.82, 2.24) is 10.6 Å². The average molecular weight is 346 g/mol. The maximum Gasteiger partial charge on any atom is 0.422 e. The molecule has 0 aliphatic rings. The summed E-state index contributed by atoms with van der Waals surface area (Å²) >= 11 is 0. The Hall–Kier alpha value is -2.25. The molecule has 0 bridgehead atoms. The first-order valence-electron chi connectivity index (χ1n) is 7.57. The van der Waals surface area contributed by atoms with Gasteiger partial charge in [-0.25, -0.2) is 4.79 Å². The fourth-order valence-electron chi connectivity index (χ4n) is 1.94. The third-order valence-electron chi connectivity index (χ3n) is 3.26. The summed E-state index contributed by atoms with van der Waals surface area (Å²) in [5.74, 6) is 0.00774. The van der Waals surface area contributed by atoms with Crippen molar-refractivity contribution in [2.24, 2.45) is 0 Å². The summed E-state index contributed by atoms with van der Waals surface area (Å²) in [6, 6.07) is 9.87.